The fourth-order valence-corrected chi connectivity index (χ4v) is 7.87. The van der Waals surface area contributed by atoms with Gasteiger partial charge in [0.15, 0.2) is 0 Å². The fraction of sp³-hybridized carbons (Fsp3) is 0. The molecule has 0 fully saturated rings. The van der Waals surface area contributed by atoms with E-state index in [9.17, 15) is 0 Å². The highest BCUT2D eigenvalue weighted by Gasteiger charge is 2.22. The highest BCUT2D eigenvalue weighted by atomic mass is 15.4. The zero-order valence-electron chi connectivity index (χ0n) is 27.7. The lowest BCUT2D eigenvalue weighted by molar-refractivity contribution is 0.808. The third-order valence-electron chi connectivity index (χ3n) is 10.1. The molecule has 51 heavy (non-hydrogen) atoms. The number of nitrogens with zero attached hydrogens (tertiary/aromatic N) is 3. The minimum absolute atomic E-state index is 0.843. The highest BCUT2D eigenvalue weighted by molar-refractivity contribution is 6.25. The molecule has 1 aromatic heterocycles. The van der Waals surface area contributed by atoms with Crippen LogP contribution in [-0.2, 0) is 0 Å². The van der Waals surface area contributed by atoms with Crippen molar-refractivity contribution in [2.75, 3.05) is 0 Å². The van der Waals surface area contributed by atoms with Gasteiger partial charge < -0.3 is 0 Å². The molecule has 238 valence electrons. The molecule has 0 saturated heterocycles. The van der Waals surface area contributed by atoms with E-state index in [1.54, 1.807) is 0 Å². The molecule has 0 radical (unpaired) electrons. The van der Waals surface area contributed by atoms with Gasteiger partial charge >= 0.3 is 0 Å². The summed E-state index contributed by atoms with van der Waals surface area (Å²) in [7, 11) is 0. The summed E-state index contributed by atoms with van der Waals surface area (Å²) in [6.45, 7) is 0. The molecule has 0 atom stereocenters. The lowest BCUT2D eigenvalue weighted by Gasteiger charge is -2.20. The van der Waals surface area contributed by atoms with E-state index in [-0.39, 0.29) is 0 Å². The van der Waals surface area contributed by atoms with Crippen molar-refractivity contribution in [3.05, 3.63) is 188 Å². The summed E-state index contributed by atoms with van der Waals surface area (Å²) in [5.74, 6) is 0. The van der Waals surface area contributed by atoms with E-state index in [1.807, 2.05) is 28.9 Å². The normalized spacial score (nSPS) is 11.5. The van der Waals surface area contributed by atoms with Crippen molar-refractivity contribution in [2.24, 2.45) is 0 Å². The van der Waals surface area contributed by atoms with Crippen LogP contribution in [0.25, 0.3) is 93.5 Å². The van der Waals surface area contributed by atoms with Crippen LogP contribution < -0.4 is 0 Å². The SMILES string of the molecule is c1ccc(-c2c(-c3ccc4c(-c5cccc6ccccc56)c5ccccc5c(-c5cccc6ccccc56)c4c3)nnn2-c2ccccc2)cc1. The van der Waals surface area contributed by atoms with Crippen molar-refractivity contribution in [1.82, 2.24) is 15.0 Å². The lowest BCUT2D eigenvalue weighted by atomic mass is 9.83. The van der Waals surface area contributed by atoms with Gasteiger partial charge in [-0.1, -0.05) is 175 Å². The Labute approximate surface area is 295 Å². The van der Waals surface area contributed by atoms with Crippen LogP contribution in [0.3, 0.4) is 0 Å². The second kappa shape index (κ2) is 11.9. The van der Waals surface area contributed by atoms with E-state index in [0.717, 1.165) is 28.2 Å². The Bertz CT molecular complexity index is 2900. The van der Waals surface area contributed by atoms with Gasteiger partial charge in [0.1, 0.15) is 11.4 Å². The van der Waals surface area contributed by atoms with Crippen LogP contribution in [0.1, 0.15) is 0 Å². The third-order valence-corrected chi connectivity index (χ3v) is 10.1. The topological polar surface area (TPSA) is 30.7 Å². The van der Waals surface area contributed by atoms with Crippen molar-refractivity contribution in [3.63, 3.8) is 0 Å². The van der Waals surface area contributed by atoms with Gasteiger partial charge in [0, 0.05) is 11.1 Å². The van der Waals surface area contributed by atoms with Crippen LogP contribution >= 0.6 is 0 Å². The number of hydrogen-bond acceptors (Lipinski definition) is 2. The summed E-state index contributed by atoms with van der Waals surface area (Å²) in [4.78, 5) is 0. The fourth-order valence-electron chi connectivity index (χ4n) is 7.87. The third kappa shape index (κ3) is 4.74. The second-order valence-electron chi connectivity index (χ2n) is 13.0. The standard InChI is InChI=1S/C48H31N3/c1-3-17-34(18-4-1)48-47(49-50-51(48)36-21-5-2-6-22-36)35-29-30-43-44(31-35)46(40-28-14-20-33-16-8-10-24-38(33)40)42-26-12-11-25-41(42)45(43)39-27-13-19-32-15-7-9-23-37(32)39/h1-31H. The Morgan fingerprint density at radius 2 is 0.843 bits per heavy atom. The minimum atomic E-state index is 0.843. The molecule has 0 aliphatic rings. The number of fused-ring (bicyclic) bond motifs is 4. The molecule has 0 saturated carbocycles. The molecule has 0 amide bonds. The maximum atomic E-state index is 4.90. The summed E-state index contributed by atoms with van der Waals surface area (Å²) < 4.78 is 1.96. The van der Waals surface area contributed by atoms with E-state index in [1.165, 1.54) is 65.3 Å². The van der Waals surface area contributed by atoms with E-state index >= 15 is 0 Å². The average Bonchev–Trinajstić information content (AvgIpc) is 3.66. The van der Waals surface area contributed by atoms with Gasteiger partial charge in [0.25, 0.3) is 0 Å². The molecular formula is C48H31N3. The molecular weight excluding hydrogens is 619 g/mol. The van der Waals surface area contributed by atoms with E-state index in [2.05, 4.69) is 164 Å². The van der Waals surface area contributed by atoms with Gasteiger partial charge in [-0.3, -0.25) is 0 Å². The monoisotopic (exact) mass is 649 g/mol. The first-order valence-corrected chi connectivity index (χ1v) is 17.4. The van der Waals surface area contributed by atoms with E-state index in [0.29, 0.717) is 0 Å². The van der Waals surface area contributed by atoms with Crippen molar-refractivity contribution in [1.29, 1.82) is 0 Å². The molecule has 0 bridgehead atoms. The molecule has 1 heterocycles. The zero-order valence-corrected chi connectivity index (χ0v) is 27.7. The Balaban J connectivity index is 1.35. The van der Waals surface area contributed by atoms with Crippen molar-refractivity contribution < 1.29 is 0 Å². The number of benzene rings is 9. The summed E-state index contributed by atoms with van der Waals surface area (Å²) in [5, 5.41) is 19.4. The Hall–Kier alpha value is -6.84. The van der Waals surface area contributed by atoms with Crippen LogP contribution in [0.2, 0.25) is 0 Å². The summed E-state index contributed by atoms with van der Waals surface area (Å²) in [6, 6.07) is 67.2. The first-order chi connectivity index (χ1) is 25.3. The van der Waals surface area contributed by atoms with E-state index < -0.39 is 0 Å². The number of hydrogen-bond donors (Lipinski definition) is 0. The zero-order chi connectivity index (χ0) is 33.7. The Morgan fingerprint density at radius 1 is 0.353 bits per heavy atom. The lowest BCUT2D eigenvalue weighted by Crippen LogP contribution is -1.99. The van der Waals surface area contributed by atoms with Crippen LogP contribution in [0.15, 0.2) is 188 Å². The van der Waals surface area contributed by atoms with Crippen molar-refractivity contribution in [3.8, 4) is 50.5 Å². The van der Waals surface area contributed by atoms with Crippen LogP contribution in [0.5, 0.6) is 0 Å². The maximum absolute atomic E-state index is 4.90. The van der Waals surface area contributed by atoms with Crippen LogP contribution in [0, 0.1) is 0 Å². The van der Waals surface area contributed by atoms with Crippen LogP contribution in [0.4, 0.5) is 0 Å². The molecule has 10 aromatic rings. The predicted octanol–water partition coefficient (Wildman–Crippen LogP) is 12.5. The maximum Gasteiger partial charge on any atom is 0.121 e. The molecule has 3 nitrogen and oxygen atoms in total. The number of para-hydroxylation sites is 1. The molecule has 0 N–H and O–H groups in total. The van der Waals surface area contributed by atoms with Crippen molar-refractivity contribution in [2.45, 2.75) is 0 Å². The first kappa shape index (κ1) is 29.1. The van der Waals surface area contributed by atoms with Gasteiger partial charge in [0.05, 0.1) is 5.69 Å². The van der Waals surface area contributed by atoms with Crippen molar-refractivity contribution >= 4 is 43.1 Å². The number of rotatable bonds is 5. The molecule has 0 aliphatic heterocycles. The summed E-state index contributed by atoms with van der Waals surface area (Å²) in [5.41, 5.74) is 9.76. The molecule has 9 aromatic carbocycles. The van der Waals surface area contributed by atoms with Gasteiger partial charge in [-0.05, 0) is 83.5 Å². The Morgan fingerprint density at radius 3 is 1.47 bits per heavy atom. The molecule has 10 rings (SSSR count). The van der Waals surface area contributed by atoms with Gasteiger partial charge in [-0.15, -0.1) is 5.10 Å². The van der Waals surface area contributed by atoms with Gasteiger partial charge in [-0.2, -0.15) is 0 Å². The minimum Gasteiger partial charge on any atom is -0.212 e. The number of aromatic nitrogens is 3. The Kier molecular flexibility index (Phi) is 6.81. The highest BCUT2D eigenvalue weighted by Crippen LogP contribution is 2.48. The molecule has 0 spiro atoms. The summed E-state index contributed by atoms with van der Waals surface area (Å²) >= 11 is 0. The quantitative estimate of drug-likeness (QED) is 0.174. The first-order valence-electron chi connectivity index (χ1n) is 17.4. The molecule has 0 unspecified atom stereocenters. The summed E-state index contributed by atoms with van der Waals surface area (Å²) in [6.07, 6.45) is 0. The largest absolute Gasteiger partial charge is 0.212 e. The van der Waals surface area contributed by atoms with Crippen LogP contribution in [-0.4, -0.2) is 15.0 Å². The molecule has 0 aliphatic carbocycles. The second-order valence-corrected chi connectivity index (χ2v) is 13.0. The molecule has 3 heteroatoms. The van der Waals surface area contributed by atoms with Gasteiger partial charge in [0.2, 0.25) is 0 Å². The predicted molar refractivity (Wildman–Crippen MR) is 213 cm³/mol. The average molecular weight is 650 g/mol. The van der Waals surface area contributed by atoms with Gasteiger partial charge in [-0.25, -0.2) is 4.68 Å². The van der Waals surface area contributed by atoms with E-state index in [4.69, 9.17) is 10.3 Å². The smallest absolute Gasteiger partial charge is 0.121 e.